The molecule has 1 aliphatic heterocycles. The van der Waals surface area contributed by atoms with E-state index in [9.17, 15) is 0 Å². The number of aryl methyl sites for hydroxylation is 1. The van der Waals surface area contributed by atoms with Crippen molar-refractivity contribution in [3.63, 3.8) is 0 Å². The Morgan fingerprint density at radius 3 is 3.00 bits per heavy atom. The SMILES string of the molecule is COc1cc(/C=C2\CCCN\C2=N/N)ccc1-n1cnc(C)c1. The van der Waals surface area contributed by atoms with Crippen molar-refractivity contribution in [3.8, 4) is 11.4 Å². The molecule has 1 aromatic carbocycles. The predicted molar refractivity (Wildman–Crippen MR) is 91.7 cm³/mol. The van der Waals surface area contributed by atoms with E-state index in [1.807, 2.05) is 29.8 Å². The first-order valence-corrected chi connectivity index (χ1v) is 7.63. The van der Waals surface area contributed by atoms with Crippen molar-refractivity contribution in [3.05, 3.63) is 47.6 Å². The lowest BCUT2D eigenvalue weighted by molar-refractivity contribution is 0.413. The molecule has 0 aliphatic carbocycles. The largest absolute Gasteiger partial charge is 0.495 e. The van der Waals surface area contributed by atoms with Gasteiger partial charge in [-0.1, -0.05) is 6.07 Å². The minimum absolute atomic E-state index is 0.768. The molecule has 1 saturated heterocycles. The van der Waals surface area contributed by atoms with E-state index in [0.717, 1.165) is 53.5 Å². The second-order valence-electron chi connectivity index (χ2n) is 5.53. The molecule has 0 radical (unpaired) electrons. The third kappa shape index (κ3) is 3.21. The van der Waals surface area contributed by atoms with Crippen LogP contribution < -0.4 is 15.9 Å². The van der Waals surface area contributed by atoms with Gasteiger partial charge in [-0.15, -0.1) is 0 Å². The predicted octanol–water partition coefficient (Wildman–Crippen LogP) is 2.23. The molecule has 23 heavy (non-hydrogen) atoms. The molecule has 3 N–H and O–H groups in total. The lowest BCUT2D eigenvalue weighted by atomic mass is 10.0. The van der Waals surface area contributed by atoms with E-state index in [2.05, 4.69) is 27.5 Å². The first kappa shape index (κ1) is 15.1. The Morgan fingerprint density at radius 1 is 1.43 bits per heavy atom. The second kappa shape index (κ2) is 6.56. The number of hydrogen-bond acceptors (Lipinski definition) is 4. The average Bonchev–Trinajstić information content (AvgIpc) is 3.01. The number of ether oxygens (including phenoxy) is 1. The molecule has 6 nitrogen and oxygen atoms in total. The molecule has 3 rings (SSSR count). The molecule has 2 heterocycles. The number of hydrazone groups is 1. The van der Waals surface area contributed by atoms with Crippen LogP contribution >= 0.6 is 0 Å². The van der Waals surface area contributed by atoms with Crippen LogP contribution in [-0.2, 0) is 0 Å². The molecular formula is C17H21N5O. The molecule has 0 unspecified atom stereocenters. The Morgan fingerprint density at radius 2 is 2.30 bits per heavy atom. The molecular weight excluding hydrogens is 290 g/mol. The van der Waals surface area contributed by atoms with Crippen molar-refractivity contribution in [2.75, 3.05) is 13.7 Å². The van der Waals surface area contributed by atoms with Crippen LogP contribution in [0.4, 0.5) is 0 Å². The third-order valence-electron chi connectivity index (χ3n) is 3.88. The number of benzene rings is 1. The number of hydrogen-bond donors (Lipinski definition) is 2. The van der Waals surface area contributed by atoms with Gasteiger partial charge in [-0.25, -0.2) is 4.98 Å². The summed E-state index contributed by atoms with van der Waals surface area (Å²) in [6.45, 7) is 2.88. The van der Waals surface area contributed by atoms with Crippen LogP contribution in [0.5, 0.6) is 5.75 Å². The van der Waals surface area contributed by atoms with Crippen molar-refractivity contribution in [2.45, 2.75) is 19.8 Å². The third-order valence-corrected chi connectivity index (χ3v) is 3.88. The minimum atomic E-state index is 0.768. The molecule has 1 aromatic heterocycles. The van der Waals surface area contributed by atoms with E-state index in [0.29, 0.717) is 0 Å². The maximum Gasteiger partial charge on any atom is 0.148 e. The molecule has 0 saturated carbocycles. The highest BCUT2D eigenvalue weighted by atomic mass is 16.5. The number of amidine groups is 1. The van der Waals surface area contributed by atoms with Gasteiger partial charge in [0.2, 0.25) is 0 Å². The summed E-state index contributed by atoms with van der Waals surface area (Å²) < 4.78 is 7.50. The molecule has 6 heteroatoms. The smallest absolute Gasteiger partial charge is 0.148 e. The number of methoxy groups -OCH3 is 1. The molecule has 120 valence electrons. The number of nitrogens with two attached hydrogens (primary N) is 1. The Bertz CT molecular complexity index is 760. The number of aromatic nitrogens is 2. The quantitative estimate of drug-likeness (QED) is 0.673. The fraction of sp³-hybridized carbons (Fsp3) is 0.294. The number of rotatable bonds is 3. The topological polar surface area (TPSA) is 77.5 Å². The van der Waals surface area contributed by atoms with Crippen LogP contribution in [0.15, 0.2) is 41.4 Å². The van der Waals surface area contributed by atoms with Crippen molar-refractivity contribution in [1.29, 1.82) is 0 Å². The molecule has 0 spiro atoms. The maximum absolute atomic E-state index is 5.54. The molecule has 0 amide bonds. The highest BCUT2D eigenvalue weighted by Gasteiger charge is 2.13. The summed E-state index contributed by atoms with van der Waals surface area (Å²) in [6, 6.07) is 6.10. The minimum Gasteiger partial charge on any atom is -0.495 e. The normalized spacial score (nSPS) is 18.2. The number of nitrogens with zero attached hydrogens (tertiary/aromatic N) is 3. The van der Waals surface area contributed by atoms with Gasteiger partial charge >= 0.3 is 0 Å². The van der Waals surface area contributed by atoms with Crippen molar-refractivity contribution in [2.24, 2.45) is 10.9 Å². The summed E-state index contributed by atoms with van der Waals surface area (Å²) in [4.78, 5) is 4.26. The second-order valence-corrected chi connectivity index (χ2v) is 5.53. The Labute approximate surface area is 135 Å². The van der Waals surface area contributed by atoms with Gasteiger partial charge in [-0.3, -0.25) is 0 Å². The van der Waals surface area contributed by atoms with E-state index in [4.69, 9.17) is 10.6 Å². The van der Waals surface area contributed by atoms with Crippen LogP contribution in [0.2, 0.25) is 0 Å². The number of imidazole rings is 1. The monoisotopic (exact) mass is 311 g/mol. The Balaban J connectivity index is 1.96. The van der Waals surface area contributed by atoms with Crippen molar-refractivity contribution >= 4 is 11.9 Å². The van der Waals surface area contributed by atoms with Gasteiger partial charge in [0.15, 0.2) is 0 Å². The average molecular weight is 311 g/mol. The molecule has 0 atom stereocenters. The van der Waals surface area contributed by atoms with Gasteiger partial charge < -0.3 is 20.5 Å². The lowest BCUT2D eigenvalue weighted by Gasteiger charge is -2.18. The summed E-state index contributed by atoms with van der Waals surface area (Å²) >= 11 is 0. The summed E-state index contributed by atoms with van der Waals surface area (Å²) in [5.41, 5.74) is 4.11. The van der Waals surface area contributed by atoms with Crippen molar-refractivity contribution < 1.29 is 4.74 Å². The zero-order valence-electron chi connectivity index (χ0n) is 13.4. The zero-order valence-corrected chi connectivity index (χ0v) is 13.4. The zero-order chi connectivity index (χ0) is 16.2. The number of piperidine rings is 1. The fourth-order valence-electron chi connectivity index (χ4n) is 2.74. The van der Waals surface area contributed by atoms with Gasteiger partial charge in [0.1, 0.15) is 11.6 Å². The van der Waals surface area contributed by atoms with Crippen LogP contribution in [0.1, 0.15) is 24.1 Å². The molecule has 1 fully saturated rings. The lowest BCUT2D eigenvalue weighted by Crippen LogP contribution is -2.32. The van der Waals surface area contributed by atoms with Crippen LogP contribution in [0, 0.1) is 6.92 Å². The Kier molecular flexibility index (Phi) is 4.32. The van der Waals surface area contributed by atoms with E-state index < -0.39 is 0 Å². The summed E-state index contributed by atoms with van der Waals surface area (Å²) in [7, 11) is 1.68. The van der Waals surface area contributed by atoms with Gasteiger partial charge in [-0.2, -0.15) is 5.10 Å². The van der Waals surface area contributed by atoms with Crippen LogP contribution in [-0.4, -0.2) is 29.0 Å². The van der Waals surface area contributed by atoms with Gasteiger partial charge in [0, 0.05) is 12.7 Å². The summed E-state index contributed by atoms with van der Waals surface area (Å²) in [5.74, 6) is 7.02. The molecule has 2 aromatic rings. The van der Waals surface area contributed by atoms with E-state index in [1.54, 1.807) is 13.4 Å². The highest BCUT2D eigenvalue weighted by molar-refractivity contribution is 6.02. The van der Waals surface area contributed by atoms with E-state index in [1.165, 1.54) is 0 Å². The van der Waals surface area contributed by atoms with Crippen LogP contribution in [0.3, 0.4) is 0 Å². The van der Waals surface area contributed by atoms with Crippen molar-refractivity contribution in [1.82, 2.24) is 14.9 Å². The summed E-state index contributed by atoms with van der Waals surface area (Å²) in [6.07, 6.45) is 7.90. The number of nitrogens with one attached hydrogen (secondary N) is 1. The molecule has 0 bridgehead atoms. The Hall–Kier alpha value is -2.76. The van der Waals surface area contributed by atoms with Gasteiger partial charge in [-0.05, 0) is 49.1 Å². The van der Waals surface area contributed by atoms with E-state index >= 15 is 0 Å². The van der Waals surface area contributed by atoms with Crippen LogP contribution in [0.25, 0.3) is 11.8 Å². The summed E-state index contributed by atoms with van der Waals surface area (Å²) in [5, 5.41) is 7.05. The van der Waals surface area contributed by atoms with E-state index in [-0.39, 0.29) is 0 Å². The van der Waals surface area contributed by atoms with Gasteiger partial charge in [0.25, 0.3) is 0 Å². The maximum atomic E-state index is 5.54. The standard InChI is InChI=1S/C17H21N5O/c1-12-10-22(11-20-12)15-6-5-13(9-16(15)23-2)8-14-4-3-7-19-17(14)21-18/h5-6,8-11H,3-4,7,18H2,1-2H3,(H,19,21)/b14-8+. The first-order chi connectivity index (χ1) is 11.2. The fourth-order valence-corrected chi connectivity index (χ4v) is 2.74. The molecule has 1 aliphatic rings. The first-order valence-electron chi connectivity index (χ1n) is 7.63. The highest BCUT2D eigenvalue weighted by Crippen LogP contribution is 2.26. The van der Waals surface area contributed by atoms with Gasteiger partial charge in [0.05, 0.1) is 24.8 Å².